The van der Waals surface area contributed by atoms with Crippen molar-refractivity contribution in [2.45, 2.75) is 34.2 Å². The third kappa shape index (κ3) is 3.93. The van der Waals surface area contributed by atoms with Crippen LogP contribution in [0.5, 0.6) is 5.75 Å². The highest BCUT2D eigenvalue weighted by Gasteiger charge is 2.18. The summed E-state index contributed by atoms with van der Waals surface area (Å²) in [6.07, 6.45) is 0. The van der Waals surface area contributed by atoms with Crippen molar-refractivity contribution in [1.82, 2.24) is 9.78 Å². The van der Waals surface area contributed by atoms with Gasteiger partial charge in [-0.05, 0) is 54.4 Å². The lowest BCUT2D eigenvalue weighted by Crippen LogP contribution is -2.25. The van der Waals surface area contributed by atoms with Gasteiger partial charge >= 0.3 is 0 Å². The third-order valence-corrected chi connectivity index (χ3v) is 4.95. The highest BCUT2D eigenvalue weighted by molar-refractivity contribution is 9.10. The molecule has 23 heavy (non-hydrogen) atoms. The van der Waals surface area contributed by atoms with Crippen molar-refractivity contribution in [3.05, 3.63) is 39.6 Å². The molecule has 1 amide bonds. The first-order chi connectivity index (χ1) is 10.8. The van der Waals surface area contributed by atoms with E-state index in [-0.39, 0.29) is 11.8 Å². The molecule has 5 nitrogen and oxygen atoms in total. The normalized spacial score (nSPS) is 12.1. The van der Waals surface area contributed by atoms with Crippen LogP contribution in [0.25, 0.3) is 0 Å². The molecule has 0 saturated heterocycles. The maximum absolute atomic E-state index is 12.5. The molecule has 0 bridgehead atoms. The van der Waals surface area contributed by atoms with Gasteiger partial charge in [-0.25, -0.2) is 0 Å². The molecule has 0 saturated carbocycles. The van der Waals surface area contributed by atoms with E-state index >= 15 is 0 Å². The molecule has 6 heteroatoms. The number of hydrogen-bond acceptors (Lipinski definition) is 3. The van der Waals surface area contributed by atoms with Crippen molar-refractivity contribution < 1.29 is 9.53 Å². The van der Waals surface area contributed by atoms with Crippen molar-refractivity contribution in [3.8, 4) is 5.75 Å². The van der Waals surface area contributed by atoms with E-state index in [0.717, 1.165) is 21.4 Å². The van der Waals surface area contributed by atoms with Gasteiger partial charge in [0.05, 0.1) is 35.4 Å². The third-order valence-electron chi connectivity index (χ3n) is 3.80. The Labute approximate surface area is 145 Å². The lowest BCUT2D eigenvalue weighted by molar-refractivity contribution is -0.119. The maximum Gasteiger partial charge on any atom is 0.229 e. The molecule has 0 aliphatic heterocycles. The molecule has 1 atom stereocenters. The van der Waals surface area contributed by atoms with Gasteiger partial charge in [-0.2, -0.15) is 5.10 Å². The minimum Gasteiger partial charge on any atom is -0.495 e. The second-order valence-corrected chi connectivity index (χ2v) is 6.55. The zero-order valence-electron chi connectivity index (χ0n) is 14.1. The predicted molar refractivity (Wildman–Crippen MR) is 94.9 cm³/mol. The molecule has 1 heterocycles. The number of rotatable bonds is 5. The summed E-state index contributed by atoms with van der Waals surface area (Å²) in [6.45, 7) is 8.32. The first kappa shape index (κ1) is 17.5. The highest BCUT2D eigenvalue weighted by atomic mass is 79.9. The number of amides is 1. The van der Waals surface area contributed by atoms with Crippen LogP contribution in [0.3, 0.4) is 0 Å². The zero-order valence-corrected chi connectivity index (χ0v) is 15.7. The number of hydrogen-bond donors (Lipinski definition) is 1. The van der Waals surface area contributed by atoms with Crippen molar-refractivity contribution in [3.63, 3.8) is 0 Å². The van der Waals surface area contributed by atoms with E-state index in [1.165, 1.54) is 0 Å². The van der Waals surface area contributed by atoms with E-state index in [4.69, 9.17) is 4.74 Å². The molecule has 0 aliphatic rings. The van der Waals surface area contributed by atoms with Crippen molar-refractivity contribution in [2.75, 3.05) is 12.4 Å². The number of ether oxygens (including phenoxy) is 1. The number of anilines is 1. The number of nitrogens with one attached hydrogen (secondary N) is 1. The first-order valence-electron chi connectivity index (χ1n) is 7.48. The summed E-state index contributed by atoms with van der Waals surface area (Å²) in [5.74, 6) is 0.382. The summed E-state index contributed by atoms with van der Waals surface area (Å²) in [5, 5.41) is 7.40. The average molecular weight is 380 g/mol. The van der Waals surface area contributed by atoms with Gasteiger partial charge in [0, 0.05) is 5.69 Å². The standard InChI is InChI=1S/C17H22BrN3O2/c1-10-6-7-15(23-5)14(8-10)19-17(22)11(2)9-21-13(4)16(18)12(3)20-21/h6-8,11H,9H2,1-5H3,(H,19,22)/t11-/m0/s1. The Kier molecular flexibility index (Phi) is 5.46. The first-order valence-corrected chi connectivity index (χ1v) is 8.27. The summed E-state index contributed by atoms with van der Waals surface area (Å²) >= 11 is 3.51. The second-order valence-electron chi connectivity index (χ2n) is 5.76. The molecule has 0 spiro atoms. The molecule has 2 aromatic rings. The summed E-state index contributed by atoms with van der Waals surface area (Å²) in [5.41, 5.74) is 3.71. The number of methoxy groups -OCH3 is 1. The lowest BCUT2D eigenvalue weighted by atomic mass is 10.1. The molecule has 0 aliphatic carbocycles. The summed E-state index contributed by atoms with van der Waals surface area (Å²) < 4.78 is 8.15. The number of carbonyl (C=O) groups is 1. The van der Waals surface area contributed by atoms with Gasteiger partial charge in [0.2, 0.25) is 5.91 Å². The van der Waals surface area contributed by atoms with Crippen LogP contribution in [0, 0.1) is 26.7 Å². The number of benzene rings is 1. The van der Waals surface area contributed by atoms with Gasteiger partial charge in [-0.15, -0.1) is 0 Å². The van der Waals surface area contributed by atoms with Gasteiger partial charge < -0.3 is 10.1 Å². The SMILES string of the molecule is COc1ccc(C)cc1NC(=O)[C@@H](C)Cn1nc(C)c(Br)c1C. The van der Waals surface area contributed by atoms with Gasteiger partial charge in [0.15, 0.2) is 0 Å². The zero-order chi connectivity index (χ0) is 17.1. The molecule has 1 N–H and O–H groups in total. The monoisotopic (exact) mass is 379 g/mol. The van der Waals surface area contributed by atoms with E-state index in [9.17, 15) is 4.79 Å². The van der Waals surface area contributed by atoms with E-state index in [1.807, 2.05) is 50.6 Å². The molecule has 1 aromatic heterocycles. The Hall–Kier alpha value is -1.82. The topological polar surface area (TPSA) is 56.1 Å². The van der Waals surface area contributed by atoms with E-state index in [1.54, 1.807) is 7.11 Å². The van der Waals surface area contributed by atoms with Gasteiger partial charge in [-0.3, -0.25) is 9.48 Å². The van der Waals surface area contributed by atoms with Crippen molar-refractivity contribution in [2.24, 2.45) is 5.92 Å². The average Bonchev–Trinajstić information content (AvgIpc) is 2.74. The lowest BCUT2D eigenvalue weighted by Gasteiger charge is -2.15. The largest absolute Gasteiger partial charge is 0.495 e. The number of nitrogens with zero attached hydrogens (tertiary/aromatic N) is 2. The van der Waals surface area contributed by atoms with E-state index in [0.29, 0.717) is 18.0 Å². The summed E-state index contributed by atoms with van der Waals surface area (Å²) in [4.78, 5) is 12.5. The van der Waals surface area contributed by atoms with Crippen molar-refractivity contribution in [1.29, 1.82) is 0 Å². The fourth-order valence-corrected chi connectivity index (χ4v) is 2.65. The van der Waals surface area contributed by atoms with Crippen LogP contribution >= 0.6 is 15.9 Å². The Morgan fingerprint density at radius 2 is 2.09 bits per heavy atom. The number of halogens is 1. The minimum atomic E-state index is -0.217. The van der Waals surface area contributed by atoms with Crippen LogP contribution in [0.15, 0.2) is 22.7 Å². The van der Waals surface area contributed by atoms with Gasteiger partial charge in [-0.1, -0.05) is 13.0 Å². The fourth-order valence-electron chi connectivity index (χ4n) is 2.37. The van der Waals surface area contributed by atoms with Crippen LogP contribution in [-0.2, 0) is 11.3 Å². The Morgan fingerprint density at radius 3 is 2.65 bits per heavy atom. The number of aryl methyl sites for hydroxylation is 2. The minimum absolute atomic E-state index is 0.0578. The predicted octanol–water partition coefficient (Wildman–Crippen LogP) is 3.85. The summed E-state index contributed by atoms with van der Waals surface area (Å²) in [6, 6.07) is 5.71. The second kappa shape index (κ2) is 7.17. The fraction of sp³-hybridized carbons (Fsp3) is 0.412. The van der Waals surface area contributed by atoms with Crippen molar-refractivity contribution >= 4 is 27.5 Å². The van der Waals surface area contributed by atoms with Crippen LogP contribution in [-0.4, -0.2) is 22.8 Å². The number of aromatic nitrogens is 2. The van der Waals surface area contributed by atoms with Crippen LogP contribution in [0.1, 0.15) is 23.9 Å². The van der Waals surface area contributed by atoms with Gasteiger partial charge in [0.1, 0.15) is 5.75 Å². The molecule has 2 rings (SSSR count). The van der Waals surface area contributed by atoms with Crippen LogP contribution in [0.2, 0.25) is 0 Å². The Morgan fingerprint density at radius 1 is 1.39 bits per heavy atom. The van der Waals surface area contributed by atoms with Gasteiger partial charge in [0.25, 0.3) is 0 Å². The molecule has 124 valence electrons. The number of carbonyl (C=O) groups excluding carboxylic acids is 1. The molecule has 0 radical (unpaired) electrons. The Balaban J connectivity index is 2.11. The molecule has 1 aromatic carbocycles. The van der Waals surface area contributed by atoms with E-state index < -0.39 is 0 Å². The summed E-state index contributed by atoms with van der Waals surface area (Å²) in [7, 11) is 1.59. The molecule has 0 unspecified atom stereocenters. The smallest absolute Gasteiger partial charge is 0.229 e. The Bertz CT molecular complexity index is 725. The highest BCUT2D eigenvalue weighted by Crippen LogP contribution is 2.26. The molecule has 0 fully saturated rings. The van der Waals surface area contributed by atoms with Crippen LogP contribution < -0.4 is 10.1 Å². The molecular weight excluding hydrogens is 358 g/mol. The van der Waals surface area contributed by atoms with E-state index in [2.05, 4.69) is 26.3 Å². The maximum atomic E-state index is 12.5. The molecular formula is C17H22BrN3O2. The van der Waals surface area contributed by atoms with Crippen LogP contribution in [0.4, 0.5) is 5.69 Å². The quantitative estimate of drug-likeness (QED) is 0.857.